The lowest BCUT2D eigenvalue weighted by atomic mass is 9.46. The molecule has 1 aromatic rings. The molecule has 6 nitrogen and oxygen atoms in total. The molecule has 4 aliphatic rings. The molecule has 6 heteroatoms. The van der Waals surface area contributed by atoms with Gasteiger partial charge in [0.15, 0.2) is 17.2 Å². The van der Waals surface area contributed by atoms with Gasteiger partial charge in [-0.3, -0.25) is 14.4 Å². The molecule has 0 saturated heterocycles. The van der Waals surface area contributed by atoms with Crippen molar-refractivity contribution in [2.24, 2.45) is 28.6 Å². The SMILES string of the molecule is C=C1C(=C)[C@@]2(C)C(=CC1=O)C=C[C@@H]1[C@@H]2C(OC(=O)c2ccccc2)C[C@@]2(C)[C@H]1CC[C@]2(OC(C)=O)C(C)=O. The first kappa shape index (κ1) is 26.1. The molecule has 0 amide bonds. The van der Waals surface area contributed by atoms with Gasteiger partial charge in [0.1, 0.15) is 6.10 Å². The standard InChI is InChI=1S/C32H34O6/c1-18-19(2)31(6)23(16-26(18)35)12-13-24-25-14-15-32(20(3)33,38-21(4)34)30(25,5)17-27(28(24)31)37-29(36)22-10-8-7-9-11-22/h7-13,16,24-25,27-28H,1-2,14-15,17H2,3-6H3/t24-,25-,27?,28+,30-,31-,32-/m0/s1. The molecule has 0 heterocycles. The van der Waals surface area contributed by atoms with Crippen molar-refractivity contribution in [1.29, 1.82) is 0 Å². The van der Waals surface area contributed by atoms with Gasteiger partial charge in [0.2, 0.25) is 0 Å². The molecule has 0 aromatic heterocycles. The highest BCUT2D eigenvalue weighted by atomic mass is 16.6. The van der Waals surface area contributed by atoms with E-state index in [1.807, 2.05) is 26.0 Å². The Kier molecular flexibility index (Phi) is 6.01. The van der Waals surface area contributed by atoms with Crippen molar-refractivity contribution >= 4 is 23.5 Å². The number of ketones is 2. The predicted octanol–water partition coefficient (Wildman–Crippen LogP) is 5.35. The van der Waals surface area contributed by atoms with Crippen LogP contribution in [0.15, 0.2) is 78.4 Å². The first-order valence-corrected chi connectivity index (χ1v) is 13.2. The monoisotopic (exact) mass is 514 g/mol. The van der Waals surface area contributed by atoms with E-state index in [2.05, 4.69) is 19.2 Å². The maximum atomic E-state index is 13.4. The molecule has 2 fully saturated rings. The third-order valence-corrected chi connectivity index (χ3v) is 9.95. The third-order valence-electron chi connectivity index (χ3n) is 9.95. The van der Waals surface area contributed by atoms with Crippen LogP contribution >= 0.6 is 0 Å². The van der Waals surface area contributed by atoms with Gasteiger partial charge in [0.05, 0.1) is 5.56 Å². The van der Waals surface area contributed by atoms with Gasteiger partial charge in [-0.15, -0.1) is 0 Å². The zero-order chi connectivity index (χ0) is 27.6. The Hall–Kier alpha value is -3.54. The average molecular weight is 515 g/mol. The van der Waals surface area contributed by atoms with Gasteiger partial charge >= 0.3 is 11.9 Å². The second kappa shape index (κ2) is 8.75. The Morgan fingerprint density at radius 2 is 1.74 bits per heavy atom. The molecule has 2 saturated carbocycles. The first-order valence-electron chi connectivity index (χ1n) is 13.2. The number of ether oxygens (including phenoxy) is 2. The Morgan fingerprint density at radius 1 is 1.05 bits per heavy atom. The van der Waals surface area contributed by atoms with Crippen LogP contribution in [0.3, 0.4) is 0 Å². The van der Waals surface area contributed by atoms with E-state index in [0.29, 0.717) is 36.0 Å². The fourth-order valence-corrected chi connectivity index (χ4v) is 8.05. The summed E-state index contributed by atoms with van der Waals surface area (Å²) >= 11 is 0. The maximum absolute atomic E-state index is 13.4. The molecule has 0 N–H and O–H groups in total. The van der Waals surface area contributed by atoms with E-state index >= 15 is 0 Å². The number of hydrogen-bond donors (Lipinski definition) is 0. The molecule has 0 spiro atoms. The summed E-state index contributed by atoms with van der Waals surface area (Å²) in [4.78, 5) is 51.6. The van der Waals surface area contributed by atoms with Crippen LogP contribution in [0.2, 0.25) is 0 Å². The molecule has 0 bridgehead atoms. The number of hydrogen-bond acceptors (Lipinski definition) is 6. The summed E-state index contributed by atoms with van der Waals surface area (Å²) in [5, 5.41) is 0. The summed E-state index contributed by atoms with van der Waals surface area (Å²) in [6.07, 6.45) is 6.44. The van der Waals surface area contributed by atoms with Crippen molar-refractivity contribution in [1.82, 2.24) is 0 Å². The quantitative estimate of drug-likeness (QED) is 0.398. The summed E-state index contributed by atoms with van der Waals surface area (Å²) in [5.74, 6) is -1.71. The lowest BCUT2D eigenvalue weighted by molar-refractivity contribution is -0.192. The van der Waals surface area contributed by atoms with Crippen molar-refractivity contribution in [2.45, 2.75) is 58.7 Å². The Labute approximate surface area is 223 Å². The van der Waals surface area contributed by atoms with Crippen molar-refractivity contribution in [3.05, 3.63) is 84.0 Å². The number of carbonyl (C=O) groups is 4. The second-order valence-corrected chi connectivity index (χ2v) is 11.6. The molecule has 1 unspecified atom stereocenters. The van der Waals surface area contributed by atoms with Gasteiger partial charge in [-0.05, 0) is 67.4 Å². The summed E-state index contributed by atoms with van der Waals surface area (Å²) in [7, 11) is 0. The average Bonchev–Trinajstić information content (AvgIpc) is 3.16. The van der Waals surface area contributed by atoms with E-state index in [1.54, 1.807) is 30.3 Å². The topological polar surface area (TPSA) is 86.7 Å². The summed E-state index contributed by atoms with van der Waals surface area (Å²) < 4.78 is 12.2. The number of Topliss-reactive ketones (excluding diaryl/α,β-unsaturated/α-hetero) is 1. The summed E-state index contributed by atoms with van der Waals surface area (Å²) in [5.41, 5.74) is -0.541. The summed E-state index contributed by atoms with van der Waals surface area (Å²) in [6.45, 7) is 15.2. The molecule has 198 valence electrons. The fraction of sp³-hybridized carbons (Fsp3) is 0.438. The Balaban J connectivity index is 1.67. The fourth-order valence-electron chi connectivity index (χ4n) is 8.05. The molecule has 0 radical (unpaired) electrons. The van der Waals surface area contributed by atoms with E-state index in [9.17, 15) is 19.2 Å². The normalized spacial score (nSPS) is 37.5. The van der Waals surface area contributed by atoms with E-state index in [1.165, 1.54) is 13.8 Å². The van der Waals surface area contributed by atoms with Gasteiger partial charge < -0.3 is 9.47 Å². The van der Waals surface area contributed by atoms with Gasteiger partial charge in [-0.1, -0.05) is 57.4 Å². The van der Waals surface area contributed by atoms with E-state index in [-0.39, 0.29) is 29.3 Å². The van der Waals surface area contributed by atoms with Gasteiger partial charge in [-0.25, -0.2) is 4.79 Å². The molecule has 5 rings (SSSR count). The highest BCUT2D eigenvalue weighted by Gasteiger charge is 2.70. The van der Waals surface area contributed by atoms with Crippen molar-refractivity contribution in [3.63, 3.8) is 0 Å². The van der Waals surface area contributed by atoms with Crippen LogP contribution in [0.5, 0.6) is 0 Å². The van der Waals surface area contributed by atoms with Crippen LogP contribution in [-0.4, -0.2) is 35.2 Å². The highest BCUT2D eigenvalue weighted by Crippen LogP contribution is 2.68. The van der Waals surface area contributed by atoms with Gasteiger partial charge in [-0.2, -0.15) is 0 Å². The van der Waals surface area contributed by atoms with Crippen LogP contribution in [0.1, 0.15) is 57.3 Å². The van der Waals surface area contributed by atoms with Crippen LogP contribution in [0.4, 0.5) is 0 Å². The highest BCUT2D eigenvalue weighted by molar-refractivity contribution is 6.09. The van der Waals surface area contributed by atoms with E-state index in [0.717, 1.165) is 5.57 Å². The number of esters is 2. The molecular weight excluding hydrogens is 480 g/mol. The van der Waals surface area contributed by atoms with Crippen molar-refractivity contribution in [3.8, 4) is 0 Å². The number of benzene rings is 1. The van der Waals surface area contributed by atoms with Crippen LogP contribution in [0.25, 0.3) is 0 Å². The minimum absolute atomic E-state index is 0.0178. The van der Waals surface area contributed by atoms with Crippen LogP contribution < -0.4 is 0 Å². The van der Waals surface area contributed by atoms with Gasteiger partial charge in [0, 0.05) is 29.2 Å². The molecule has 4 aliphatic carbocycles. The second-order valence-electron chi connectivity index (χ2n) is 11.6. The minimum Gasteiger partial charge on any atom is -0.458 e. The first-order chi connectivity index (χ1) is 17.9. The minimum atomic E-state index is -1.31. The number of fused-ring (bicyclic) bond motifs is 5. The lowest BCUT2D eigenvalue weighted by Crippen LogP contribution is -2.62. The zero-order valence-corrected chi connectivity index (χ0v) is 22.4. The van der Waals surface area contributed by atoms with Crippen LogP contribution in [0, 0.1) is 28.6 Å². The zero-order valence-electron chi connectivity index (χ0n) is 22.4. The Bertz CT molecular complexity index is 1330. The van der Waals surface area contributed by atoms with Crippen LogP contribution in [-0.2, 0) is 23.9 Å². The molecule has 38 heavy (non-hydrogen) atoms. The predicted molar refractivity (Wildman–Crippen MR) is 142 cm³/mol. The van der Waals surface area contributed by atoms with Gasteiger partial charge in [0.25, 0.3) is 0 Å². The number of carbonyl (C=O) groups excluding carboxylic acids is 4. The third kappa shape index (κ3) is 3.45. The summed E-state index contributed by atoms with van der Waals surface area (Å²) in [6, 6.07) is 8.79. The molecule has 1 aromatic carbocycles. The Morgan fingerprint density at radius 3 is 2.37 bits per heavy atom. The van der Waals surface area contributed by atoms with E-state index in [4.69, 9.17) is 9.47 Å². The van der Waals surface area contributed by atoms with Crippen molar-refractivity contribution in [2.75, 3.05) is 0 Å². The smallest absolute Gasteiger partial charge is 0.338 e. The number of rotatable bonds is 4. The lowest BCUT2D eigenvalue weighted by Gasteiger charge is -2.59. The molecule has 7 atom stereocenters. The molecular formula is C32H34O6. The number of allylic oxidation sites excluding steroid dienone is 6. The maximum Gasteiger partial charge on any atom is 0.338 e. The van der Waals surface area contributed by atoms with E-state index < -0.39 is 34.5 Å². The van der Waals surface area contributed by atoms with Crippen molar-refractivity contribution < 1.29 is 28.7 Å². The molecule has 0 aliphatic heterocycles. The largest absolute Gasteiger partial charge is 0.458 e.